The van der Waals surface area contributed by atoms with Crippen molar-refractivity contribution in [3.05, 3.63) is 57.8 Å². The zero-order valence-electron chi connectivity index (χ0n) is 14.7. The van der Waals surface area contributed by atoms with E-state index in [1.807, 2.05) is 0 Å². The standard InChI is InChI=1S/C19H15Cl2NO5/c1-10-15(17(22-27-10)16-11(20)6-4-7-12(16)21)19(23)26-18-13(24-2)8-5-9-14(18)25-3/h4-9H,1-3H3. The van der Waals surface area contributed by atoms with E-state index in [9.17, 15) is 4.79 Å². The highest BCUT2D eigenvalue weighted by Crippen LogP contribution is 2.40. The van der Waals surface area contributed by atoms with Crippen molar-refractivity contribution in [3.63, 3.8) is 0 Å². The number of halogens is 2. The van der Waals surface area contributed by atoms with E-state index in [-0.39, 0.29) is 22.8 Å². The van der Waals surface area contributed by atoms with Crippen molar-refractivity contribution < 1.29 is 23.5 Å². The Hall–Kier alpha value is -2.70. The number of methoxy groups -OCH3 is 2. The van der Waals surface area contributed by atoms with Crippen LogP contribution in [0.4, 0.5) is 0 Å². The number of carbonyl (C=O) groups excluding carboxylic acids is 1. The minimum absolute atomic E-state index is 0.109. The Morgan fingerprint density at radius 2 is 1.56 bits per heavy atom. The Morgan fingerprint density at radius 3 is 2.11 bits per heavy atom. The Bertz CT molecular complexity index is 957. The van der Waals surface area contributed by atoms with Crippen molar-refractivity contribution in [2.45, 2.75) is 6.92 Å². The number of hydrogen-bond donors (Lipinski definition) is 0. The van der Waals surface area contributed by atoms with Gasteiger partial charge in [-0.3, -0.25) is 0 Å². The lowest BCUT2D eigenvalue weighted by Gasteiger charge is -2.13. The molecule has 8 heteroatoms. The summed E-state index contributed by atoms with van der Waals surface area (Å²) in [5.41, 5.74) is 0.691. The third-order valence-corrected chi connectivity index (χ3v) is 4.47. The topological polar surface area (TPSA) is 70.8 Å². The van der Waals surface area contributed by atoms with Gasteiger partial charge < -0.3 is 18.7 Å². The fraction of sp³-hybridized carbons (Fsp3) is 0.158. The van der Waals surface area contributed by atoms with Crippen LogP contribution in [-0.2, 0) is 0 Å². The molecule has 3 aromatic rings. The maximum absolute atomic E-state index is 12.9. The molecule has 0 atom stereocenters. The van der Waals surface area contributed by atoms with Crippen LogP contribution in [-0.4, -0.2) is 25.3 Å². The molecule has 0 unspecified atom stereocenters. The molecule has 3 rings (SSSR count). The summed E-state index contributed by atoms with van der Waals surface area (Å²) in [7, 11) is 2.93. The van der Waals surface area contributed by atoms with Crippen molar-refractivity contribution in [1.29, 1.82) is 0 Å². The van der Waals surface area contributed by atoms with Gasteiger partial charge in [0.1, 0.15) is 17.0 Å². The van der Waals surface area contributed by atoms with Crippen LogP contribution >= 0.6 is 23.2 Å². The van der Waals surface area contributed by atoms with Gasteiger partial charge in [0.25, 0.3) is 0 Å². The molecule has 0 N–H and O–H groups in total. The molecule has 0 amide bonds. The maximum atomic E-state index is 12.9. The second kappa shape index (κ2) is 7.90. The van der Waals surface area contributed by atoms with Crippen molar-refractivity contribution in [1.82, 2.24) is 5.16 Å². The van der Waals surface area contributed by atoms with Gasteiger partial charge in [0, 0.05) is 5.56 Å². The number of ether oxygens (including phenoxy) is 3. The first kappa shape index (κ1) is 19.1. The van der Waals surface area contributed by atoms with Crippen molar-refractivity contribution in [3.8, 4) is 28.5 Å². The molecule has 1 aromatic heterocycles. The van der Waals surface area contributed by atoms with Crippen molar-refractivity contribution in [2.24, 2.45) is 0 Å². The molecular formula is C19H15Cl2NO5. The molecule has 6 nitrogen and oxygen atoms in total. The number of aromatic nitrogens is 1. The van der Waals surface area contributed by atoms with Gasteiger partial charge >= 0.3 is 5.97 Å². The van der Waals surface area contributed by atoms with Crippen LogP contribution in [0.1, 0.15) is 16.1 Å². The molecule has 0 radical (unpaired) electrons. The molecule has 2 aromatic carbocycles. The van der Waals surface area contributed by atoms with Gasteiger partial charge in [-0.2, -0.15) is 0 Å². The van der Waals surface area contributed by atoms with Gasteiger partial charge in [-0.15, -0.1) is 0 Å². The summed E-state index contributed by atoms with van der Waals surface area (Å²) in [4.78, 5) is 12.9. The minimum atomic E-state index is -0.706. The first-order valence-corrected chi connectivity index (χ1v) is 8.57. The van der Waals surface area contributed by atoms with Crippen LogP contribution in [0.2, 0.25) is 10.0 Å². The van der Waals surface area contributed by atoms with Crippen LogP contribution in [0.25, 0.3) is 11.3 Å². The van der Waals surface area contributed by atoms with E-state index in [4.69, 9.17) is 41.9 Å². The molecule has 140 valence electrons. The fourth-order valence-electron chi connectivity index (χ4n) is 2.57. The van der Waals surface area contributed by atoms with E-state index in [0.29, 0.717) is 27.1 Å². The van der Waals surface area contributed by atoms with E-state index < -0.39 is 5.97 Å². The quantitative estimate of drug-likeness (QED) is 0.427. The van der Waals surface area contributed by atoms with Gasteiger partial charge in [-0.05, 0) is 31.2 Å². The van der Waals surface area contributed by atoms with E-state index in [0.717, 1.165) is 0 Å². The highest BCUT2D eigenvalue weighted by Gasteiger charge is 2.28. The Morgan fingerprint density at radius 1 is 1.00 bits per heavy atom. The molecule has 1 heterocycles. The predicted octanol–water partition coefficient (Wildman–Crippen LogP) is 5.19. The third-order valence-electron chi connectivity index (χ3n) is 3.84. The highest BCUT2D eigenvalue weighted by molar-refractivity contribution is 6.39. The van der Waals surface area contributed by atoms with Gasteiger partial charge in [-0.25, -0.2) is 4.79 Å². The predicted molar refractivity (Wildman–Crippen MR) is 101 cm³/mol. The summed E-state index contributed by atoms with van der Waals surface area (Å²) in [5.74, 6) is 0.384. The van der Waals surface area contributed by atoms with Gasteiger partial charge in [0.15, 0.2) is 11.5 Å². The largest absolute Gasteiger partial charge is 0.493 e. The summed E-state index contributed by atoms with van der Waals surface area (Å²) in [6.45, 7) is 1.59. The smallest absolute Gasteiger partial charge is 0.349 e. The lowest BCUT2D eigenvalue weighted by atomic mass is 10.1. The first-order valence-electron chi connectivity index (χ1n) is 7.81. The molecular weight excluding hydrogens is 393 g/mol. The molecule has 0 aliphatic rings. The average Bonchev–Trinajstić information content (AvgIpc) is 3.03. The number of esters is 1. The number of aryl methyl sites for hydroxylation is 1. The summed E-state index contributed by atoms with van der Waals surface area (Å²) < 4.78 is 21.3. The van der Waals surface area contributed by atoms with E-state index in [2.05, 4.69) is 5.16 Å². The van der Waals surface area contributed by atoms with Crippen LogP contribution in [0.5, 0.6) is 17.2 Å². The van der Waals surface area contributed by atoms with Gasteiger partial charge in [0.05, 0.1) is 24.3 Å². The second-order valence-corrected chi connectivity index (χ2v) is 6.25. The summed E-state index contributed by atoms with van der Waals surface area (Å²) in [6, 6.07) is 10.00. The molecule has 0 saturated carbocycles. The zero-order valence-corrected chi connectivity index (χ0v) is 16.2. The molecule has 0 fully saturated rings. The Labute approximate surface area is 165 Å². The van der Waals surface area contributed by atoms with E-state index in [1.54, 1.807) is 43.3 Å². The van der Waals surface area contributed by atoms with E-state index >= 15 is 0 Å². The Kier molecular flexibility index (Phi) is 5.58. The molecule has 0 bridgehead atoms. The van der Waals surface area contributed by atoms with E-state index in [1.165, 1.54) is 14.2 Å². The molecule has 0 aliphatic carbocycles. The van der Waals surface area contributed by atoms with Gasteiger partial charge in [0.2, 0.25) is 5.75 Å². The lowest BCUT2D eigenvalue weighted by molar-refractivity contribution is 0.0723. The van der Waals surface area contributed by atoms with Crippen LogP contribution in [0.15, 0.2) is 40.9 Å². The SMILES string of the molecule is COc1cccc(OC)c1OC(=O)c1c(-c2c(Cl)cccc2Cl)noc1C. The lowest BCUT2D eigenvalue weighted by Crippen LogP contribution is -2.12. The van der Waals surface area contributed by atoms with Crippen molar-refractivity contribution in [2.75, 3.05) is 14.2 Å². The average molecular weight is 408 g/mol. The number of carbonyl (C=O) groups is 1. The normalized spacial score (nSPS) is 10.6. The number of para-hydroxylation sites is 1. The maximum Gasteiger partial charge on any atom is 0.349 e. The molecule has 27 heavy (non-hydrogen) atoms. The summed E-state index contributed by atoms with van der Waals surface area (Å²) in [5, 5.41) is 4.61. The third kappa shape index (κ3) is 3.59. The first-order chi connectivity index (χ1) is 13.0. The second-order valence-electron chi connectivity index (χ2n) is 5.44. The Balaban J connectivity index is 2.07. The van der Waals surface area contributed by atoms with Crippen molar-refractivity contribution >= 4 is 29.2 Å². The zero-order chi connectivity index (χ0) is 19.6. The number of nitrogens with zero attached hydrogens (tertiary/aromatic N) is 1. The monoisotopic (exact) mass is 407 g/mol. The highest BCUT2D eigenvalue weighted by atomic mass is 35.5. The van der Waals surface area contributed by atoms with Gasteiger partial charge in [-0.1, -0.05) is 40.5 Å². The summed E-state index contributed by atoms with van der Waals surface area (Å²) in [6.07, 6.45) is 0. The number of hydrogen-bond acceptors (Lipinski definition) is 6. The fourth-order valence-corrected chi connectivity index (χ4v) is 3.15. The minimum Gasteiger partial charge on any atom is -0.493 e. The number of benzene rings is 2. The van der Waals surface area contributed by atoms with Crippen LogP contribution in [0.3, 0.4) is 0 Å². The molecule has 0 spiro atoms. The van der Waals surface area contributed by atoms with Crippen LogP contribution in [0, 0.1) is 6.92 Å². The summed E-state index contributed by atoms with van der Waals surface area (Å²) >= 11 is 12.5. The number of rotatable bonds is 5. The van der Waals surface area contributed by atoms with Crippen LogP contribution < -0.4 is 14.2 Å². The molecule has 0 saturated heterocycles. The molecule has 0 aliphatic heterocycles.